The minimum absolute atomic E-state index is 0.0518. The van der Waals surface area contributed by atoms with Gasteiger partial charge in [0.15, 0.2) is 23.0 Å². The van der Waals surface area contributed by atoms with E-state index in [0.717, 1.165) is 47.9 Å². The summed E-state index contributed by atoms with van der Waals surface area (Å²) < 4.78 is 23.5. The van der Waals surface area contributed by atoms with E-state index in [1.54, 1.807) is 7.11 Å². The lowest BCUT2D eigenvalue weighted by molar-refractivity contribution is 0.286. The number of ether oxygens (including phenoxy) is 4. The van der Waals surface area contributed by atoms with Crippen molar-refractivity contribution in [1.29, 1.82) is 0 Å². The van der Waals surface area contributed by atoms with Gasteiger partial charge in [-0.25, -0.2) is 0 Å². The van der Waals surface area contributed by atoms with Gasteiger partial charge in [-0.15, -0.1) is 0 Å². The van der Waals surface area contributed by atoms with Crippen LogP contribution < -0.4 is 24.3 Å². The molecule has 1 atom stereocenters. The molecule has 0 fully saturated rings. The molecule has 3 aromatic rings. The van der Waals surface area contributed by atoms with E-state index in [2.05, 4.69) is 41.7 Å². The topological polar surface area (TPSA) is 49.0 Å². The fourth-order valence-corrected chi connectivity index (χ4v) is 4.30. The predicted molar refractivity (Wildman–Crippen MR) is 131 cm³/mol. The first kappa shape index (κ1) is 23.0. The van der Waals surface area contributed by atoms with E-state index >= 15 is 0 Å². The first-order chi connectivity index (χ1) is 16.2. The Morgan fingerprint density at radius 2 is 1.58 bits per heavy atom. The molecule has 0 aromatic heterocycles. The number of rotatable bonds is 10. The van der Waals surface area contributed by atoms with Gasteiger partial charge in [0.25, 0.3) is 0 Å². The summed E-state index contributed by atoms with van der Waals surface area (Å²) in [5, 5.41) is 3.66. The summed E-state index contributed by atoms with van der Waals surface area (Å²) in [6.07, 6.45) is 1.81. The fourth-order valence-electron chi connectivity index (χ4n) is 4.30. The number of hydrogen-bond donors (Lipinski definition) is 1. The number of fused-ring (bicyclic) bond motifs is 1. The zero-order chi connectivity index (χ0) is 23.0. The van der Waals surface area contributed by atoms with E-state index in [1.807, 2.05) is 38.1 Å². The summed E-state index contributed by atoms with van der Waals surface area (Å²) in [6.45, 7) is 6.70. The largest absolute Gasteiger partial charge is 0.493 e. The van der Waals surface area contributed by atoms with E-state index in [9.17, 15) is 0 Å². The highest BCUT2D eigenvalue weighted by molar-refractivity contribution is 5.53. The molecule has 5 nitrogen and oxygen atoms in total. The van der Waals surface area contributed by atoms with Gasteiger partial charge in [-0.2, -0.15) is 0 Å². The van der Waals surface area contributed by atoms with Crippen molar-refractivity contribution < 1.29 is 18.9 Å². The maximum absolute atomic E-state index is 6.06. The lowest BCUT2D eigenvalue weighted by Crippen LogP contribution is -2.30. The minimum atomic E-state index is 0.0518. The van der Waals surface area contributed by atoms with Gasteiger partial charge >= 0.3 is 0 Å². The van der Waals surface area contributed by atoms with Crippen LogP contribution in [0.4, 0.5) is 0 Å². The molecule has 0 amide bonds. The zero-order valence-electron chi connectivity index (χ0n) is 19.7. The molecule has 1 aliphatic heterocycles. The third kappa shape index (κ3) is 5.42. The minimum Gasteiger partial charge on any atom is -0.493 e. The summed E-state index contributed by atoms with van der Waals surface area (Å²) >= 11 is 0. The molecule has 0 bridgehead atoms. The van der Waals surface area contributed by atoms with E-state index < -0.39 is 0 Å². The quantitative estimate of drug-likeness (QED) is 0.454. The molecule has 1 unspecified atom stereocenters. The molecular formula is C28H33NO4. The summed E-state index contributed by atoms with van der Waals surface area (Å²) in [5.74, 6) is 3.11. The van der Waals surface area contributed by atoms with Crippen LogP contribution in [-0.2, 0) is 12.8 Å². The molecule has 5 heteroatoms. The maximum Gasteiger partial charge on any atom is 0.161 e. The molecule has 1 N–H and O–H groups in total. The van der Waals surface area contributed by atoms with Crippen molar-refractivity contribution in [2.75, 3.05) is 33.5 Å². The van der Waals surface area contributed by atoms with Crippen LogP contribution in [0.3, 0.4) is 0 Å². The van der Waals surface area contributed by atoms with Crippen LogP contribution in [0, 0.1) is 0 Å². The number of hydrogen-bond acceptors (Lipinski definition) is 5. The average Bonchev–Trinajstić information content (AvgIpc) is 2.85. The average molecular weight is 448 g/mol. The van der Waals surface area contributed by atoms with E-state index in [4.69, 9.17) is 18.9 Å². The van der Waals surface area contributed by atoms with E-state index in [1.165, 1.54) is 16.7 Å². The lowest BCUT2D eigenvalue weighted by Gasteiger charge is -2.29. The Morgan fingerprint density at radius 3 is 2.30 bits per heavy atom. The third-order valence-corrected chi connectivity index (χ3v) is 5.87. The van der Waals surface area contributed by atoms with Crippen molar-refractivity contribution in [3.05, 3.63) is 82.9 Å². The number of benzene rings is 3. The second-order valence-electron chi connectivity index (χ2n) is 8.00. The summed E-state index contributed by atoms with van der Waals surface area (Å²) in [5.41, 5.74) is 4.89. The molecule has 4 rings (SSSR count). The van der Waals surface area contributed by atoms with Gasteiger partial charge in [0.05, 0.1) is 33.0 Å². The Kier molecular flexibility index (Phi) is 7.74. The van der Waals surface area contributed by atoms with Crippen LogP contribution in [0.25, 0.3) is 0 Å². The highest BCUT2D eigenvalue weighted by atomic mass is 16.5. The van der Waals surface area contributed by atoms with Crippen molar-refractivity contribution in [1.82, 2.24) is 5.32 Å². The molecule has 0 saturated heterocycles. The molecule has 0 saturated carbocycles. The van der Waals surface area contributed by atoms with Gasteiger partial charge < -0.3 is 24.3 Å². The van der Waals surface area contributed by atoms with Gasteiger partial charge in [-0.05, 0) is 66.8 Å². The fraction of sp³-hybridized carbons (Fsp3) is 0.357. The predicted octanol–water partition coefficient (Wildman–Crippen LogP) is 5.35. The molecule has 1 heterocycles. The van der Waals surface area contributed by atoms with Crippen LogP contribution in [0.15, 0.2) is 60.7 Å². The van der Waals surface area contributed by atoms with Crippen LogP contribution in [0.5, 0.6) is 23.0 Å². The lowest BCUT2D eigenvalue weighted by atomic mass is 9.89. The normalized spacial score (nSPS) is 14.9. The van der Waals surface area contributed by atoms with Gasteiger partial charge in [-0.1, -0.05) is 36.4 Å². The first-order valence-electron chi connectivity index (χ1n) is 11.7. The Bertz CT molecular complexity index is 1050. The molecule has 0 spiro atoms. The van der Waals surface area contributed by atoms with E-state index in [0.29, 0.717) is 19.8 Å². The summed E-state index contributed by atoms with van der Waals surface area (Å²) in [6, 6.07) is 20.9. The smallest absolute Gasteiger partial charge is 0.161 e. The van der Waals surface area contributed by atoms with Crippen molar-refractivity contribution in [2.24, 2.45) is 0 Å². The van der Waals surface area contributed by atoms with Crippen molar-refractivity contribution in [3.8, 4) is 23.0 Å². The summed E-state index contributed by atoms with van der Waals surface area (Å²) in [4.78, 5) is 0. The van der Waals surface area contributed by atoms with Gasteiger partial charge in [0.1, 0.15) is 0 Å². The molecule has 33 heavy (non-hydrogen) atoms. The van der Waals surface area contributed by atoms with Crippen LogP contribution in [-0.4, -0.2) is 33.5 Å². The SMILES string of the molecule is CCOc1cc2c(cc1OCC)C(c1ccc(OCCc3ccccc3)c(OC)c1)NCC2. The molecular weight excluding hydrogens is 414 g/mol. The van der Waals surface area contributed by atoms with Crippen molar-refractivity contribution in [2.45, 2.75) is 32.7 Å². The highest BCUT2D eigenvalue weighted by Crippen LogP contribution is 2.39. The molecule has 174 valence electrons. The molecule has 0 radical (unpaired) electrons. The Balaban J connectivity index is 1.56. The zero-order valence-corrected chi connectivity index (χ0v) is 19.7. The van der Waals surface area contributed by atoms with Crippen molar-refractivity contribution >= 4 is 0 Å². The van der Waals surface area contributed by atoms with E-state index in [-0.39, 0.29) is 6.04 Å². The molecule has 1 aliphatic rings. The Hall–Kier alpha value is -3.18. The highest BCUT2D eigenvalue weighted by Gasteiger charge is 2.25. The molecule has 3 aromatic carbocycles. The standard InChI is InChI=1S/C28H33NO4/c1-4-31-26-17-21-13-15-29-28(23(21)19-27(26)32-5-2)22-11-12-24(25(18-22)30-3)33-16-14-20-9-7-6-8-10-20/h6-12,17-19,28-29H,4-5,13-16H2,1-3H3. The van der Waals surface area contributed by atoms with Crippen molar-refractivity contribution in [3.63, 3.8) is 0 Å². The number of nitrogens with one attached hydrogen (secondary N) is 1. The second-order valence-corrected chi connectivity index (χ2v) is 8.00. The third-order valence-electron chi connectivity index (χ3n) is 5.87. The Morgan fingerprint density at radius 1 is 0.818 bits per heavy atom. The first-order valence-corrected chi connectivity index (χ1v) is 11.7. The van der Waals surface area contributed by atoms with Crippen LogP contribution in [0.1, 0.15) is 42.1 Å². The number of methoxy groups -OCH3 is 1. The van der Waals surface area contributed by atoms with Gasteiger partial charge in [-0.3, -0.25) is 0 Å². The van der Waals surface area contributed by atoms with Gasteiger partial charge in [0, 0.05) is 13.0 Å². The molecule has 0 aliphatic carbocycles. The monoisotopic (exact) mass is 447 g/mol. The van der Waals surface area contributed by atoms with Crippen LogP contribution in [0.2, 0.25) is 0 Å². The maximum atomic E-state index is 6.06. The van der Waals surface area contributed by atoms with Crippen LogP contribution >= 0.6 is 0 Å². The van der Waals surface area contributed by atoms with Gasteiger partial charge in [0.2, 0.25) is 0 Å². The Labute approximate surface area is 196 Å². The second kappa shape index (κ2) is 11.1. The summed E-state index contributed by atoms with van der Waals surface area (Å²) in [7, 11) is 1.69.